The van der Waals surface area contributed by atoms with Crippen molar-refractivity contribution in [3.8, 4) is 17.2 Å². The average molecular weight is 491 g/mol. The minimum atomic E-state index is -4.07. The fraction of sp³-hybridized carbons (Fsp3) is 0.480. The molecule has 2 aromatic rings. The Kier molecular flexibility index (Phi) is 9.04. The van der Waals surface area contributed by atoms with E-state index in [0.29, 0.717) is 30.3 Å². The van der Waals surface area contributed by atoms with Crippen molar-refractivity contribution in [2.75, 3.05) is 38.8 Å². The van der Waals surface area contributed by atoms with E-state index in [9.17, 15) is 13.2 Å². The van der Waals surface area contributed by atoms with Crippen LogP contribution in [0.5, 0.6) is 17.2 Å². The summed E-state index contributed by atoms with van der Waals surface area (Å²) in [7, 11) is -1.13. The van der Waals surface area contributed by atoms with Crippen molar-refractivity contribution in [1.82, 2.24) is 4.90 Å². The Morgan fingerprint density at radius 1 is 0.824 bits per heavy atom. The normalized spacial score (nSPS) is 13.9. The zero-order valence-electron chi connectivity index (χ0n) is 20.2. The van der Waals surface area contributed by atoms with Gasteiger partial charge in [-0.3, -0.25) is 4.90 Å². The van der Waals surface area contributed by atoms with Crippen LogP contribution in [0.15, 0.2) is 47.4 Å². The van der Waals surface area contributed by atoms with Crippen LogP contribution in [-0.2, 0) is 10.1 Å². The van der Waals surface area contributed by atoms with Crippen LogP contribution in [0.3, 0.4) is 0 Å². The maximum absolute atomic E-state index is 12.8. The van der Waals surface area contributed by atoms with E-state index >= 15 is 0 Å². The van der Waals surface area contributed by atoms with Gasteiger partial charge in [0.05, 0.1) is 14.2 Å². The lowest BCUT2D eigenvalue weighted by molar-refractivity contribution is 0.219. The molecule has 1 aliphatic heterocycles. The van der Waals surface area contributed by atoms with Crippen molar-refractivity contribution < 1.29 is 26.9 Å². The Bertz CT molecular complexity index is 1030. The topological polar surface area (TPSA) is 85.4 Å². The number of unbranched alkanes of at least 4 members (excludes halogenated alkanes) is 5. The number of anilines is 1. The molecule has 0 N–H and O–H groups in total. The molecule has 9 heteroatoms. The highest BCUT2D eigenvalue weighted by molar-refractivity contribution is 7.87. The van der Waals surface area contributed by atoms with E-state index in [4.69, 9.17) is 13.7 Å². The number of urea groups is 1. The fourth-order valence-electron chi connectivity index (χ4n) is 3.91. The largest absolute Gasteiger partial charge is 0.496 e. The lowest BCUT2D eigenvalue weighted by Crippen LogP contribution is -2.32. The number of hydrogen-bond donors (Lipinski definition) is 0. The quantitative estimate of drug-likeness (QED) is 0.288. The smallest absolute Gasteiger partial charge is 0.339 e. The van der Waals surface area contributed by atoms with E-state index in [-0.39, 0.29) is 16.7 Å². The Hall–Kier alpha value is -2.94. The first-order chi connectivity index (χ1) is 16.4. The second-order valence-electron chi connectivity index (χ2n) is 8.27. The monoisotopic (exact) mass is 490 g/mol. The molecule has 0 spiro atoms. The Labute approximate surface area is 202 Å². The number of carbonyl (C=O) groups is 1. The second kappa shape index (κ2) is 12.0. The first-order valence-electron chi connectivity index (χ1n) is 11.7. The van der Waals surface area contributed by atoms with Crippen molar-refractivity contribution >= 4 is 21.8 Å². The van der Waals surface area contributed by atoms with Gasteiger partial charge in [0.2, 0.25) is 0 Å². The van der Waals surface area contributed by atoms with Gasteiger partial charge in [-0.15, -0.1) is 0 Å². The van der Waals surface area contributed by atoms with Gasteiger partial charge in [-0.2, -0.15) is 8.42 Å². The number of methoxy groups -OCH3 is 2. The molecule has 0 aliphatic carbocycles. The van der Waals surface area contributed by atoms with E-state index in [0.717, 1.165) is 19.4 Å². The average Bonchev–Trinajstić information content (AvgIpc) is 3.20. The predicted octanol–water partition coefficient (Wildman–Crippen LogP) is 5.07. The third-order valence-electron chi connectivity index (χ3n) is 5.84. The lowest BCUT2D eigenvalue weighted by Gasteiger charge is -2.19. The molecule has 1 heterocycles. The first kappa shape index (κ1) is 25.7. The minimum absolute atomic E-state index is 0.00591. The molecule has 3 rings (SSSR count). The van der Waals surface area contributed by atoms with Crippen LogP contribution in [0, 0.1) is 0 Å². The van der Waals surface area contributed by atoms with Crippen molar-refractivity contribution in [3.05, 3.63) is 42.5 Å². The summed E-state index contributed by atoms with van der Waals surface area (Å²) >= 11 is 0. The zero-order chi connectivity index (χ0) is 24.6. The minimum Gasteiger partial charge on any atom is -0.496 e. The van der Waals surface area contributed by atoms with Crippen LogP contribution < -0.4 is 18.6 Å². The number of amides is 2. The van der Waals surface area contributed by atoms with Gasteiger partial charge in [-0.1, -0.05) is 39.0 Å². The molecule has 0 saturated carbocycles. The van der Waals surface area contributed by atoms with Crippen LogP contribution in [0.25, 0.3) is 0 Å². The zero-order valence-corrected chi connectivity index (χ0v) is 21.0. The van der Waals surface area contributed by atoms with Crippen LogP contribution in [0.4, 0.5) is 10.5 Å². The summed E-state index contributed by atoms with van der Waals surface area (Å²) in [5, 5.41) is 0. The molecule has 1 saturated heterocycles. The van der Waals surface area contributed by atoms with Gasteiger partial charge in [0.15, 0.2) is 0 Å². The molecule has 8 nitrogen and oxygen atoms in total. The standard InChI is InChI=1S/C25H34N2O6S/c1-4-5-6-7-8-9-14-26-15-16-27(25(26)28)20-10-12-24(13-11-20)34(29,30)33-23-18-21(31-2)17-22(19-23)32-3/h10-13,17-19H,4-9,14-16H2,1-3H3. The number of nitrogens with zero attached hydrogens (tertiary/aromatic N) is 2. The molecular weight excluding hydrogens is 456 g/mol. The molecule has 1 fully saturated rings. The molecule has 0 unspecified atom stereocenters. The highest BCUT2D eigenvalue weighted by Gasteiger charge is 2.29. The Morgan fingerprint density at radius 2 is 1.41 bits per heavy atom. The molecule has 2 amide bonds. The molecule has 0 aromatic heterocycles. The number of carbonyl (C=O) groups excluding carboxylic acids is 1. The summed E-state index contributed by atoms with van der Waals surface area (Å²) in [5.74, 6) is 0.913. The summed E-state index contributed by atoms with van der Waals surface area (Å²) < 4.78 is 41.1. The number of benzene rings is 2. The molecular formula is C25H34N2O6S. The SMILES string of the molecule is CCCCCCCCN1CCN(c2ccc(S(=O)(=O)Oc3cc(OC)cc(OC)c3)cc2)C1=O. The molecule has 0 radical (unpaired) electrons. The molecule has 0 bridgehead atoms. The molecule has 34 heavy (non-hydrogen) atoms. The maximum Gasteiger partial charge on any atom is 0.339 e. The highest BCUT2D eigenvalue weighted by Crippen LogP contribution is 2.30. The summed E-state index contributed by atoms with van der Waals surface area (Å²) in [6.07, 6.45) is 7.09. The van der Waals surface area contributed by atoms with E-state index in [2.05, 4.69) is 6.92 Å². The van der Waals surface area contributed by atoms with Crippen molar-refractivity contribution in [2.45, 2.75) is 50.3 Å². The van der Waals surface area contributed by atoms with Crippen molar-refractivity contribution in [1.29, 1.82) is 0 Å². The van der Waals surface area contributed by atoms with Gasteiger partial charge in [-0.05, 0) is 30.7 Å². The van der Waals surface area contributed by atoms with Gasteiger partial charge in [0.1, 0.15) is 22.1 Å². The van der Waals surface area contributed by atoms with E-state index in [1.165, 1.54) is 64.2 Å². The third-order valence-corrected chi connectivity index (χ3v) is 7.11. The first-order valence-corrected chi connectivity index (χ1v) is 13.1. The molecule has 186 valence electrons. The van der Waals surface area contributed by atoms with Crippen molar-refractivity contribution in [3.63, 3.8) is 0 Å². The predicted molar refractivity (Wildman–Crippen MR) is 131 cm³/mol. The van der Waals surface area contributed by atoms with Crippen LogP contribution in [-0.4, -0.2) is 53.2 Å². The van der Waals surface area contributed by atoms with Gasteiger partial charge in [-0.25, -0.2) is 4.79 Å². The summed E-state index contributed by atoms with van der Waals surface area (Å²) in [6, 6.07) is 10.7. The van der Waals surface area contributed by atoms with Gasteiger partial charge in [0, 0.05) is 43.5 Å². The van der Waals surface area contributed by atoms with Gasteiger partial charge < -0.3 is 18.6 Å². The Morgan fingerprint density at radius 3 is 2.03 bits per heavy atom. The maximum atomic E-state index is 12.8. The fourth-order valence-corrected chi connectivity index (χ4v) is 4.82. The molecule has 1 aliphatic rings. The van der Waals surface area contributed by atoms with Crippen molar-refractivity contribution in [2.24, 2.45) is 0 Å². The highest BCUT2D eigenvalue weighted by atomic mass is 32.2. The van der Waals surface area contributed by atoms with Crippen LogP contribution in [0.2, 0.25) is 0 Å². The number of rotatable bonds is 13. The lowest BCUT2D eigenvalue weighted by atomic mass is 10.1. The van der Waals surface area contributed by atoms with Crippen LogP contribution >= 0.6 is 0 Å². The van der Waals surface area contributed by atoms with E-state index in [1.54, 1.807) is 23.1 Å². The van der Waals surface area contributed by atoms with E-state index in [1.807, 2.05) is 4.90 Å². The van der Waals surface area contributed by atoms with Gasteiger partial charge in [0.25, 0.3) is 0 Å². The van der Waals surface area contributed by atoms with E-state index < -0.39 is 10.1 Å². The summed E-state index contributed by atoms with van der Waals surface area (Å²) in [4.78, 5) is 16.3. The summed E-state index contributed by atoms with van der Waals surface area (Å²) in [5.41, 5.74) is 0.664. The Balaban J connectivity index is 1.61. The second-order valence-corrected chi connectivity index (χ2v) is 9.82. The van der Waals surface area contributed by atoms with Crippen LogP contribution in [0.1, 0.15) is 45.4 Å². The number of ether oxygens (including phenoxy) is 2. The molecule has 0 atom stereocenters. The van der Waals surface area contributed by atoms with Gasteiger partial charge >= 0.3 is 16.1 Å². The summed E-state index contributed by atoms with van der Waals surface area (Å²) in [6.45, 7) is 4.21. The number of hydrogen-bond acceptors (Lipinski definition) is 6. The third kappa shape index (κ3) is 6.56. The molecule has 2 aromatic carbocycles.